The van der Waals surface area contributed by atoms with Crippen molar-refractivity contribution in [3.05, 3.63) is 36.5 Å². The smallest absolute Gasteiger partial charge is 0.393 e. The van der Waals surface area contributed by atoms with Crippen LogP contribution in [0.4, 0.5) is 0 Å². The molecule has 1 saturated carbocycles. The SMILES string of the molecule is CCCCCCC/C=C/CC/C=C/C(O)C(COP(=O)(O)OC1C(O)C(O)C(O)C(O)C1O)NC(=O)CC(O)CCCCCCC/C=C\CCCCCCCCCCCC. The molecule has 1 rings (SSSR count). The normalized spacial score (nSPS) is 23.7. The first kappa shape index (κ1) is 56.5. The van der Waals surface area contributed by atoms with Gasteiger partial charge >= 0.3 is 7.82 Å². The van der Waals surface area contributed by atoms with Crippen LogP contribution in [0.1, 0.15) is 187 Å². The molecule has 1 amide bonds. The van der Waals surface area contributed by atoms with Crippen LogP contribution in [0.15, 0.2) is 36.5 Å². The molecule has 0 bridgehead atoms. The number of unbranched alkanes of at least 4 members (excludes halogenated alkanes) is 21. The van der Waals surface area contributed by atoms with E-state index in [2.05, 4.69) is 43.5 Å². The predicted molar refractivity (Wildman–Crippen MR) is 238 cm³/mol. The molecule has 1 aliphatic carbocycles. The third-order valence-corrected chi connectivity index (χ3v) is 12.2. The van der Waals surface area contributed by atoms with Crippen molar-refractivity contribution in [3.63, 3.8) is 0 Å². The Balaban J connectivity index is 2.50. The lowest BCUT2D eigenvalue weighted by Crippen LogP contribution is -2.64. The third-order valence-electron chi connectivity index (χ3n) is 11.2. The quantitative estimate of drug-likeness (QED) is 0.0165. The molecule has 1 fully saturated rings. The van der Waals surface area contributed by atoms with E-state index in [1.165, 1.54) is 96.0 Å². The minimum absolute atomic E-state index is 0.258. The molecule has 0 spiro atoms. The Morgan fingerprint density at radius 1 is 0.583 bits per heavy atom. The average Bonchev–Trinajstić information content (AvgIpc) is 3.22. The van der Waals surface area contributed by atoms with Crippen LogP contribution in [0.25, 0.3) is 0 Å². The summed E-state index contributed by atoms with van der Waals surface area (Å²) >= 11 is 0. The van der Waals surface area contributed by atoms with Gasteiger partial charge in [-0.1, -0.05) is 159 Å². The van der Waals surface area contributed by atoms with E-state index in [9.17, 15) is 50.0 Å². The summed E-state index contributed by atoms with van der Waals surface area (Å²) < 4.78 is 22.8. The molecule has 60 heavy (non-hydrogen) atoms. The van der Waals surface area contributed by atoms with E-state index in [-0.39, 0.29) is 6.42 Å². The minimum Gasteiger partial charge on any atom is -0.393 e. The second-order valence-corrected chi connectivity index (χ2v) is 18.2. The molecular formula is C46H86NO12P. The number of phosphoric ester groups is 1. The van der Waals surface area contributed by atoms with E-state index in [0.29, 0.717) is 12.8 Å². The summed E-state index contributed by atoms with van der Waals surface area (Å²) in [6, 6.07) is -1.26. The molecule has 0 aromatic rings. The summed E-state index contributed by atoms with van der Waals surface area (Å²) in [6.07, 6.45) is 26.8. The molecule has 8 atom stereocenters. The van der Waals surface area contributed by atoms with Crippen LogP contribution in [-0.4, -0.2) is 108 Å². The fourth-order valence-electron chi connectivity index (χ4n) is 7.31. The van der Waals surface area contributed by atoms with Gasteiger partial charge in [0.25, 0.3) is 0 Å². The number of phosphoric acid groups is 1. The van der Waals surface area contributed by atoms with E-state index >= 15 is 0 Å². The molecule has 0 aliphatic heterocycles. The summed E-state index contributed by atoms with van der Waals surface area (Å²) in [5.74, 6) is -0.609. The topological polar surface area (TPSA) is 226 Å². The first-order valence-corrected chi connectivity index (χ1v) is 25.0. The fraction of sp³-hybridized carbons (Fsp3) is 0.848. The van der Waals surface area contributed by atoms with Crippen molar-refractivity contribution in [2.24, 2.45) is 0 Å². The molecule has 0 saturated heterocycles. The monoisotopic (exact) mass is 876 g/mol. The third kappa shape index (κ3) is 27.6. The number of aliphatic hydroxyl groups is 7. The maximum Gasteiger partial charge on any atom is 0.472 e. The molecule has 0 heterocycles. The lowest BCUT2D eigenvalue weighted by molar-refractivity contribution is -0.220. The first-order valence-electron chi connectivity index (χ1n) is 23.5. The van der Waals surface area contributed by atoms with Crippen molar-refractivity contribution >= 4 is 13.7 Å². The van der Waals surface area contributed by atoms with Gasteiger partial charge in [-0.3, -0.25) is 13.8 Å². The number of carbonyl (C=O) groups excluding carboxylic acids is 1. The molecular weight excluding hydrogens is 789 g/mol. The van der Waals surface area contributed by atoms with Crippen LogP contribution in [-0.2, 0) is 18.4 Å². The Hall–Kier alpha value is -1.48. The van der Waals surface area contributed by atoms with E-state index in [4.69, 9.17) is 9.05 Å². The highest BCUT2D eigenvalue weighted by Gasteiger charge is 2.51. The highest BCUT2D eigenvalue weighted by molar-refractivity contribution is 7.47. The van der Waals surface area contributed by atoms with Crippen LogP contribution >= 0.6 is 7.82 Å². The van der Waals surface area contributed by atoms with Crippen LogP contribution in [0.2, 0.25) is 0 Å². The molecule has 14 heteroatoms. The number of hydrogen-bond donors (Lipinski definition) is 9. The van der Waals surface area contributed by atoms with Gasteiger partial charge in [0.15, 0.2) is 0 Å². The van der Waals surface area contributed by atoms with E-state index in [0.717, 1.165) is 64.2 Å². The summed E-state index contributed by atoms with van der Waals surface area (Å²) in [6.45, 7) is 3.69. The predicted octanol–water partition coefficient (Wildman–Crippen LogP) is 7.75. The maximum absolute atomic E-state index is 13.0. The number of aliphatic hydroxyl groups excluding tert-OH is 7. The maximum atomic E-state index is 13.0. The Labute approximate surface area is 362 Å². The standard InChI is InChI=1S/C46H86NO12P/c1-3-5-7-9-11-13-15-16-17-18-19-20-21-22-24-25-27-29-31-33-37(48)35-40(50)47-38(39(49)34-32-30-28-26-23-14-12-10-8-6-4-2)36-58-60(56,57)59-46-44(54)42(52)41(51)43(53)45(46)55/h20-21,23,26,32,34,37-39,41-46,48-49,51-55H,3-19,22,24-25,27-31,33,35-36H2,1-2H3,(H,47,50)(H,56,57)/b21-20-,26-23+,34-32+. The number of nitrogens with one attached hydrogen (secondary N) is 1. The van der Waals surface area contributed by atoms with Crippen molar-refractivity contribution in [3.8, 4) is 0 Å². The number of allylic oxidation sites excluding steroid dienone is 5. The molecule has 13 nitrogen and oxygen atoms in total. The van der Waals surface area contributed by atoms with Gasteiger partial charge in [-0.2, -0.15) is 0 Å². The second kappa shape index (κ2) is 35.9. The summed E-state index contributed by atoms with van der Waals surface area (Å²) in [7, 11) is -5.15. The highest BCUT2D eigenvalue weighted by atomic mass is 31.2. The molecule has 1 aliphatic rings. The Morgan fingerprint density at radius 2 is 0.983 bits per heavy atom. The minimum atomic E-state index is -5.15. The zero-order valence-corrected chi connectivity index (χ0v) is 38.0. The summed E-state index contributed by atoms with van der Waals surface area (Å²) in [4.78, 5) is 23.4. The van der Waals surface area contributed by atoms with Crippen LogP contribution in [0.3, 0.4) is 0 Å². The average molecular weight is 876 g/mol. The Kier molecular flexibility index (Phi) is 33.8. The van der Waals surface area contributed by atoms with Crippen molar-refractivity contribution < 1.29 is 59.0 Å². The number of hydrogen-bond acceptors (Lipinski definition) is 11. The lowest BCUT2D eigenvalue weighted by Gasteiger charge is -2.41. The molecule has 0 aromatic heterocycles. The Bertz CT molecular complexity index is 1170. The summed E-state index contributed by atoms with van der Waals surface area (Å²) in [5.41, 5.74) is 0. The van der Waals surface area contributed by atoms with Gasteiger partial charge in [-0.15, -0.1) is 0 Å². The molecule has 0 radical (unpaired) electrons. The van der Waals surface area contributed by atoms with Crippen LogP contribution in [0, 0.1) is 0 Å². The second-order valence-electron chi connectivity index (χ2n) is 16.8. The van der Waals surface area contributed by atoms with Gasteiger partial charge in [-0.05, 0) is 57.8 Å². The number of amides is 1. The zero-order valence-electron chi connectivity index (χ0n) is 37.1. The lowest BCUT2D eigenvalue weighted by atomic mass is 9.85. The molecule has 9 N–H and O–H groups in total. The van der Waals surface area contributed by atoms with Crippen LogP contribution in [0.5, 0.6) is 0 Å². The van der Waals surface area contributed by atoms with Crippen molar-refractivity contribution in [2.75, 3.05) is 6.61 Å². The largest absolute Gasteiger partial charge is 0.472 e. The van der Waals surface area contributed by atoms with E-state index in [1.807, 2.05) is 0 Å². The number of carbonyl (C=O) groups is 1. The van der Waals surface area contributed by atoms with Crippen molar-refractivity contribution in [2.45, 2.75) is 242 Å². The van der Waals surface area contributed by atoms with Gasteiger partial charge in [-0.25, -0.2) is 4.57 Å². The van der Waals surface area contributed by atoms with Gasteiger partial charge < -0.3 is 46.0 Å². The van der Waals surface area contributed by atoms with Crippen molar-refractivity contribution in [1.82, 2.24) is 5.32 Å². The first-order chi connectivity index (χ1) is 28.8. The van der Waals surface area contributed by atoms with E-state index in [1.54, 1.807) is 6.08 Å². The Morgan fingerprint density at radius 3 is 1.47 bits per heavy atom. The summed E-state index contributed by atoms with van der Waals surface area (Å²) in [5, 5.41) is 74.3. The molecule has 352 valence electrons. The van der Waals surface area contributed by atoms with Gasteiger partial charge in [0.2, 0.25) is 5.91 Å². The molecule has 8 unspecified atom stereocenters. The van der Waals surface area contributed by atoms with Gasteiger partial charge in [0, 0.05) is 0 Å². The van der Waals surface area contributed by atoms with E-state index < -0.39 is 75.2 Å². The molecule has 0 aromatic carbocycles. The van der Waals surface area contributed by atoms with Crippen molar-refractivity contribution in [1.29, 1.82) is 0 Å². The van der Waals surface area contributed by atoms with Gasteiger partial charge in [0.1, 0.15) is 36.6 Å². The van der Waals surface area contributed by atoms with Gasteiger partial charge in [0.05, 0.1) is 31.3 Å². The number of rotatable bonds is 38. The fourth-order valence-corrected chi connectivity index (χ4v) is 8.28. The zero-order chi connectivity index (χ0) is 44.4. The van der Waals surface area contributed by atoms with Crippen LogP contribution < -0.4 is 5.32 Å². The highest BCUT2D eigenvalue weighted by Crippen LogP contribution is 2.47.